The molecule has 0 amide bonds. The minimum Gasteiger partial charge on any atom is -0.403 e. The molecule has 2 aromatic heterocycles. The van der Waals surface area contributed by atoms with Crippen LogP contribution in [0.3, 0.4) is 0 Å². The third-order valence-electron chi connectivity index (χ3n) is 4.10. The summed E-state index contributed by atoms with van der Waals surface area (Å²) < 4.78 is 19.2. The van der Waals surface area contributed by atoms with Gasteiger partial charge in [-0.1, -0.05) is 18.6 Å². The van der Waals surface area contributed by atoms with Gasteiger partial charge < -0.3 is 4.42 Å². The molecule has 0 atom stereocenters. The summed E-state index contributed by atoms with van der Waals surface area (Å²) in [6, 6.07) is 6.21. The van der Waals surface area contributed by atoms with Gasteiger partial charge in [-0.15, -0.1) is 11.3 Å². The van der Waals surface area contributed by atoms with E-state index in [0.717, 1.165) is 31.2 Å². The van der Waals surface area contributed by atoms with Crippen LogP contribution in [0.5, 0.6) is 0 Å². The van der Waals surface area contributed by atoms with Gasteiger partial charge in [0.25, 0.3) is 0 Å². The van der Waals surface area contributed by atoms with Crippen LogP contribution in [0.2, 0.25) is 0 Å². The van der Waals surface area contributed by atoms with Gasteiger partial charge >= 0.3 is 5.63 Å². The maximum absolute atomic E-state index is 13.9. The van der Waals surface area contributed by atoms with Crippen molar-refractivity contribution in [1.82, 2.24) is 4.98 Å². The predicted octanol–water partition coefficient (Wildman–Crippen LogP) is 4.32. The summed E-state index contributed by atoms with van der Waals surface area (Å²) in [4.78, 5) is 18.7. The maximum atomic E-state index is 13.9. The summed E-state index contributed by atoms with van der Waals surface area (Å²) in [6.45, 7) is 0. The minimum atomic E-state index is -0.435. The van der Waals surface area contributed by atoms with E-state index in [2.05, 4.69) is 4.98 Å². The van der Waals surface area contributed by atoms with Crippen LogP contribution in [0, 0.1) is 5.82 Å². The molecule has 1 aliphatic carbocycles. The number of fused-ring (bicyclic) bond motifs is 3. The smallest absolute Gasteiger partial charge is 0.348 e. The molecule has 0 bridgehead atoms. The Bertz CT molecular complexity index is 913. The lowest BCUT2D eigenvalue weighted by molar-refractivity contribution is 0.512. The Hall–Kier alpha value is -2.01. The van der Waals surface area contributed by atoms with E-state index in [1.165, 1.54) is 17.4 Å². The fourth-order valence-electron chi connectivity index (χ4n) is 3.02. The van der Waals surface area contributed by atoms with E-state index >= 15 is 0 Å². The Balaban J connectivity index is 1.95. The van der Waals surface area contributed by atoms with Crippen molar-refractivity contribution in [2.24, 2.45) is 0 Å². The fourth-order valence-corrected chi connectivity index (χ4v) is 4.27. The van der Waals surface area contributed by atoms with Crippen LogP contribution in [0.4, 0.5) is 4.39 Å². The molecule has 112 valence electrons. The highest BCUT2D eigenvalue weighted by Gasteiger charge is 2.21. The van der Waals surface area contributed by atoms with Crippen LogP contribution in [-0.2, 0) is 12.8 Å². The van der Waals surface area contributed by atoms with Crippen LogP contribution in [0.1, 0.15) is 29.7 Å². The van der Waals surface area contributed by atoms with Gasteiger partial charge in [0.1, 0.15) is 16.0 Å². The zero-order valence-electron chi connectivity index (χ0n) is 11.9. The molecule has 3 aromatic rings. The lowest BCUT2D eigenvalue weighted by Gasteiger charge is -2.01. The molecule has 0 spiro atoms. The number of hydrogen-bond donors (Lipinski definition) is 0. The van der Waals surface area contributed by atoms with Crippen LogP contribution >= 0.6 is 11.3 Å². The molecule has 1 aromatic carbocycles. The Morgan fingerprint density at radius 2 is 1.95 bits per heavy atom. The van der Waals surface area contributed by atoms with Gasteiger partial charge in [0.05, 0.1) is 5.56 Å². The number of halogens is 1. The number of aryl methyl sites for hydroxylation is 2. The molecular formula is C17H14FNO2S. The van der Waals surface area contributed by atoms with E-state index in [-0.39, 0.29) is 11.5 Å². The molecule has 1 aliphatic rings. The van der Waals surface area contributed by atoms with E-state index in [9.17, 15) is 9.18 Å². The Kier molecular flexibility index (Phi) is 3.30. The molecule has 3 nitrogen and oxygen atoms in total. The summed E-state index contributed by atoms with van der Waals surface area (Å²) in [5, 5.41) is 0.599. The summed E-state index contributed by atoms with van der Waals surface area (Å²) in [6.07, 6.45) is 5.32. The highest BCUT2D eigenvalue weighted by Crippen LogP contribution is 2.34. The Morgan fingerprint density at radius 1 is 1.14 bits per heavy atom. The molecule has 0 N–H and O–H groups in total. The molecule has 0 unspecified atom stereocenters. The average molecular weight is 315 g/mol. The zero-order valence-corrected chi connectivity index (χ0v) is 12.7. The molecule has 0 saturated heterocycles. The van der Waals surface area contributed by atoms with Crippen molar-refractivity contribution >= 4 is 21.6 Å². The molecule has 0 saturated carbocycles. The van der Waals surface area contributed by atoms with E-state index in [0.29, 0.717) is 10.2 Å². The first-order chi connectivity index (χ1) is 10.7. The second-order valence-corrected chi connectivity index (χ2v) is 6.61. The maximum Gasteiger partial charge on any atom is 0.348 e. The van der Waals surface area contributed by atoms with Crippen molar-refractivity contribution in [3.63, 3.8) is 0 Å². The largest absolute Gasteiger partial charge is 0.403 e. The highest BCUT2D eigenvalue weighted by molar-refractivity contribution is 7.18. The van der Waals surface area contributed by atoms with Crippen molar-refractivity contribution in [2.75, 3.05) is 0 Å². The summed E-state index contributed by atoms with van der Waals surface area (Å²) in [7, 11) is 0. The molecule has 0 fully saturated rings. The van der Waals surface area contributed by atoms with Crippen LogP contribution < -0.4 is 5.63 Å². The first-order valence-electron chi connectivity index (χ1n) is 7.44. The molecule has 22 heavy (non-hydrogen) atoms. The van der Waals surface area contributed by atoms with Crippen molar-refractivity contribution in [2.45, 2.75) is 32.1 Å². The van der Waals surface area contributed by atoms with Gasteiger partial charge in [0.2, 0.25) is 5.89 Å². The number of rotatable bonds is 1. The van der Waals surface area contributed by atoms with E-state index in [4.69, 9.17) is 4.42 Å². The minimum absolute atomic E-state index is 0.0620. The van der Waals surface area contributed by atoms with Gasteiger partial charge in [-0.3, -0.25) is 0 Å². The molecule has 4 rings (SSSR count). The summed E-state index contributed by atoms with van der Waals surface area (Å²) >= 11 is 1.55. The van der Waals surface area contributed by atoms with Gasteiger partial charge in [0.15, 0.2) is 0 Å². The standard InChI is InChI=1S/C17H14FNO2S/c18-12-8-5-4-6-10(12)15-19-16-14(17(20)21-15)11-7-2-1-3-9-13(11)22-16/h4-6,8H,1-3,7,9H2. The molecule has 2 heterocycles. The van der Waals surface area contributed by atoms with Gasteiger partial charge in [-0.25, -0.2) is 14.2 Å². The summed E-state index contributed by atoms with van der Waals surface area (Å²) in [5.41, 5.74) is 0.923. The fraction of sp³-hybridized carbons (Fsp3) is 0.294. The normalized spacial score (nSPS) is 14.8. The highest BCUT2D eigenvalue weighted by atomic mass is 32.1. The van der Waals surface area contributed by atoms with E-state index < -0.39 is 11.4 Å². The Labute approximate surface area is 130 Å². The topological polar surface area (TPSA) is 43.1 Å². The van der Waals surface area contributed by atoms with Gasteiger partial charge in [-0.05, 0) is 43.4 Å². The number of benzene rings is 1. The lowest BCUT2D eigenvalue weighted by Crippen LogP contribution is -2.04. The van der Waals surface area contributed by atoms with Crippen molar-refractivity contribution < 1.29 is 8.81 Å². The predicted molar refractivity (Wildman–Crippen MR) is 84.8 cm³/mol. The number of nitrogens with zero attached hydrogens (tertiary/aromatic N) is 1. The van der Waals surface area contributed by atoms with E-state index in [1.54, 1.807) is 29.5 Å². The van der Waals surface area contributed by atoms with Crippen LogP contribution in [-0.4, -0.2) is 4.98 Å². The molecule has 0 radical (unpaired) electrons. The quantitative estimate of drug-likeness (QED) is 0.628. The molecular weight excluding hydrogens is 301 g/mol. The lowest BCUT2D eigenvalue weighted by atomic mass is 10.1. The second kappa shape index (κ2) is 5.32. The average Bonchev–Trinajstić information content (AvgIpc) is 2.70. The van der Waals surface area contributed by atoms with Crippen molar-refractivity contribution in [3.05, 3.63) is 50.9 Å². The van der Waals surface area contributed by atoms with Crippen LogP contribution in [0.15, 0.2) is 33.5 Å². The summed E-state index contributed by atoms with van der Waals surface area (Å²) in [5.74, 6) is -0.373. The van der Waals surface area contributed by atoms with E-state index in [1.807, 2.05) is 0 Å². The first kappa shape index (κ1) is 13.6. The molecule has 0 aliphatic heterocycles. The second-order valence-electron chi connectivity index (χ2n) is 5.53. The first-order valence-corrected chi connectivity index (χ1v) is 8.26. The number of thiophene rings is 1. The van der Waals surface area contributed by atoms with Crippen molar-refractivity contribution in [1.29, 1.82) is 0 Å². The monoisotopic (exact) mass is 315 g/mol. The number of hydrogen-bond acceptors (Lipinski definition) is 4. The zero-order chi connectivity index (χ0) is 15.1. The van der Waals surface area contributed by atoms with Crippen LogP contribution in [0.25, 0.3) is 21.7 Å². The third kappa shape index (κ3) is 2.16. The SMILES string of the molecule is O=c1oc(-c2ccccc2F)nc2sc3c(c12)CCCCC3. The van der Waals surface area contributed by atoms with Gasteiger partial charge in [-0.2, -0.15) is 0 Å². The number of aromatic nitrogens is 1. The van der Waals surface area contributed by atoms with Crippen molar-refractivity contribution in [3.8, 4) is 11.5 Å². The Morgan fingerprint density at radius 3 is 2.82 bits per heavy atom. The van der Waals surface area contributed by atoms with Gasteiger partial charge in [0, 0.05) is 4.88 Å². The third-order valence-corrected chi connectivity index (χ3v) is 5.29. The molecule has 5 heteroatoms.